The van der Waals surface area contributed by atoms with Gasteiger partial charge in [0.1, 0.15) is 0 Å². The zero-order valence-corrected chi connectivity index (χ0v) is 13.2. The maximum atomic E-state index is 10.9. The number of carbonyl (C=O) groups is 1. The van der Waals surface area contributed by atoms with Crippen LogP contribution in [0, 0.1) is 0 Å². The van der Waals surface area contributed by atoms with Gasteiger partial charge in [-0.15, -0.1) is 0 Å². The van der Waals surface area contributed by atoms with Gasteiger partial charge in [0.05, 0.1) is 5.56 Å². The van der Waals surface area contributed by atoms with Crippen molar-refractivity contribution >= 4 is 5.97 Å². The minimum Gasteiger partial charge on any atom is -0.478 e. The Morgan fingerprint density at radius 1 is 0.783 bits per heavy atom. The number of rotatable bonds is 5. The lowest BCUT2D eigenvalue weighted by atomic mass is 10.1. The van der Waals surface area contributed by atoms with Gasteiger partial charge < -0.3 is 5.11 Å². The zero-order valence-electron chi connectivity index (χ0n) is 13.2. The van der Waals surface area contributed by atoms with Crippen molar-refractivity contribution in [2.45, 2.75) is 13.1 Å². The summed E-state index contributed by atoms with van der Waals surface area (Å²) in [6, 6.07) is 17.8. The smallest absolute Gasteiger partial charge is 0.335 e. The minimum absolute atomic E-state index is 0.349. The van der Waals surface area contributed by atoms with E-state index in [2.05, 4.69) is 40.1 Å². The van der Waals surface area contributed by atoms with Crippen LogP contribution in [0.2, 0.25) is 0 Å². The van der Waals surface area contributed by atoms with E-state index in [0.717, 1.165) is 39.3 Å². The van der Waals surface area contributed by atoms with E-state index in [0.29, 0.717) is 5.56 Å². The molecule has 0 aliphatic carbocycles. The average molecular weight is 310 g/mol. The number of aromatic carboxylic acids is 1. The molecule has 0 unspecified atom stereocenters. The van der Waals surface area contributed by atoms with Gasteiger partial charge in [-0.3, -0.25) is 9.80 Å². The third-order valence-corrected chi connectivity index (χ3v) is 4.32. The quantitative estimate of drug-likeness (QED) is 0.922. The fourth-order valence-corrected chi connectivity index (χ4v) is 2.96. The number of hydrogen-bond donors (Lipinski definition) is 1. The van der Waals surface area contributed by atoms with Crippen molar-refractivity contribution in [2.24, 2.45) is 0 Å². The van der Waals surface area contributed by atoms with Crippen molar-refractivity contribution in [3.8, 4) is 0 Å². The largest absolute Gasteiger partial charge is 0.478 e. The van der Waals surface area contributed by atoms with Crippen LogP contribution >= 0.6 is 0 Å². The van der Waals surface area contributed by atoms with Gasteiger partial charge in [0.25, 0.3) is 0 Å². The molecule has 0 amide bonds. The highest BCUT2D eigenvalue weighted by Gasteiger charge is 2.17. The van der Waals surface area contributed by atoms with Gasteiger partial charge in [0, 0.05) is 39.3 Å². The first-order valence-corrected chi connectivity index (χ1v) is 8.01. The third kappa shape index (κ3) is 4.41. The fraction of sp³-hybridized carbons (Fsp3) is 0.316. The summed E-state index contributed by atoms with van der Waals surface area (Å²) in [6.07, 6.45) is 0. The number of hydrogen-bond acceptors (Lipinski definition) is 3. The number of carboxylic acid groups (broad SMARTS) is 1. The molecule has 1 aliphatic rings. The van der Waals surface area contributed by atoms with E-state index >= 15 is 0 Å². The normalized spacial score (nSPS) is 16.3. The van der Waals surface area contributed by atoms with Crippen molar-refractivity contribution in [3.05, 3.63) is 71.3 Å². The van der Waals surface area contributed by atoms with Crippen molar-refractivity contribution in [3.63, 3.8) is 0 Å². The van der Waals surface area contributed by atoms with E-state index in [1.54, 1.807) is 12.1 Å². The third-order valence-electron chi connectivity index (χ3n) is 4.32. The summed E-state index contributed by atoms with van der Waals surface area (Å²) in [5, 5.41) is 8.93. The molecule has 1 aliphatic heterocycles. The first kappa shape index (κ1) is 15.7. The van der Waals surface area contributed by atoms with Gasteiger partial charge in [0.2, 0.25) is 0 Å². The summed E-state index contributed by atoms with van der Waals surface area (Å²) >= 11 is 0. The number of carboxylic acids is 1. The SMILES string of the molecule is O=C(O)c1ccc(CN2CCN(Cc3ccccc3)CC2)cc1. The molecule has 1 heterocycles. The highest BCUT2D eigenvalue weighted by molar-refractivity contribution is 5.87. The number of nitrogens with zero attached hydrogens (tertiary/aromatic N) is 2. The Balaban J connectivity index is 1.48. The van der Waals surface area contributed by atoms with Crippen LogP contribution in [0.25, 0.3) is 0 Å². The van der Waals surface area contributed by atoms with Crippen LogP contribution in [0.3, 0.4) is 0 Å². The van der Waals surface area contributed by atoms with Gasteiger partial charge in [-0.2, -0.15) is 0 Å². The molecule has 120 valence electrons. The molecule has 4 heteroatoms. The molecule has 1 saturated heterocycles. The van der Waals surface area contributed by atoms with E-state index in [1.165, 1.54) is 11.1 Å². The molecule has 0 atom stereocenters. The highest BCUT2D eigenvalue weighted by Crippen LogP contribution is 2.12. The molecule has 0 radical (unpaired) electrons. The van der Waals surface area contributed by atoms with Crippen molar-refractivity contribution in [1.29, 1.82) is 0 Å². The maximum absolute atomic E-state index is 10.9. The van der Waals surface area contributed by atoms with Crippen LogP contribution < -0.4 is 0 Å². The molecule has 2 aromatic carbocycles. The first-order valence-electron chi connectivity index (χ1n) is 8.01. The summed E-state index contributed by atoms with van der Waals surface area (Å²) in [5.74, 6) is -0.869. The van der Waals surface area contributed by atoms with Crippen molar-refractivity contribution in [2.75, 3.05) is 26.2 Å². The van der Waals surface area contributed by atoms with Gasteiger partial charge in [-0.05, 0) is 23.3 Å². The Bertz CT molecular complexity index is 632. The summed E-state index contributed by atoms with van der Waals surface area (Å²) in [5.41, 5.74) is 2.89. The van der Waals surface area contributed by atoms with Gasteiger partial charge in [-0.1, -0.05) is 42.5 Å². The Kier molecular flexibility index (Phi) is 5.05. The predicted octanol–water partition coefficient (Wildman–Crippen LogP) is 2.70. The molecular weight excluding hydrogens is 288 g/mol. The van der Waals surface area contributed by atoms with Crippen molar-refractivity contribution in [1.82, 2.24) is 9.80 Å². The maximum Gasteiger partial charge on any atom is 0.335 e. The fourth-order valence-electron chi connectivity index (χ4n) is 2.96. The molecule has 0 spiro atoms. The molecule has 1 fully saturated rings. The second-order valence-electron chi connectivity index (χ2n) is 6.04. The van der Waals surface area contributed by atoms with Gasteiger partial charge >= 0.3 is 5.97 Å². The van der Waals surface area contributed by atoms with Crippen LogP contribution in [0.4, 0.5) is 0 Å². The van der Waals surface area contributed by atoms with Gasteiger partial charge in [-0.25, -0.2) is 4.79 Å². The molecule has 4 nitrogen and oxygen atoms in total. The average Bonchev–Trinajstić information content (AvgIpc) is 2.58. The Hall–Kier alpha value is -2.17. The predicted molar refractivity (Wildman–Crippen MR) is 90.4 cm³/mol. The lowest BCUT2D eigenvalue weighted by molar-refractivity contribution is 0.0697. The summed E-state index contributed by atoms with van der Waals surface area (Å²) < 4.78 is 0. The Labute approximate surface area is 137 Å². The van der Waals surface area contributed by atoms with Gasteiger partial charge in [0.15, 0.2) is 0 Å². The molecular formula is C19H22N2O2. The van der Waals surface area contributed by atoms with Crippen LogP contribution in [0.5, 0.6) is 0 Å². The summed E-state index contributed by atoms with van der Waals surface area (Å²) in [6.45, 7) is 6.15. The van der Waals surface area contributed by atoms with Crippen LogP contribution in [0.15, 0.2) is 54.6 Å². The first-order chi connectivity index (χ1) is 11.2. The number of benzene rings is 2. The van der Waals surface area contributed by atoms with Crippen LogP contribution in [-0.2, 0) is 13.1 Å². The van der Waals surface area contributed by atoms with Crippen LogP contribution in [0.1, 0.15) is 21.5 Å². The summed E-state index contributed by atoms with van der Waals surface area (Å²) in [7, 11) is 0. The molecule has 0 aromatic heterocycles. The lowest BCUT2D eigenvalue weighted by Gasteiger charge is -2.34. The molecule has 2 aromatic rings. The monoisotopic (exact) mass is 310 g/mol. The molecule has 3 rings (SSSR count). The van der Waals surface area contributed by atoms with Crippen molar-refractivity contribution < 1.29 is 9.90 Å². The molecule has 0 saturated carbocycles. The summed E-state index contributed by atoms with van der Waals surface area (Å²) in [4.78, 5) is 15.8. The minimum atomic E-state index is -0.869. The highest BCUT2D eigenvalue weighted by atomic mass is 16.4. The topological polar surface area (TPSA) is 43.8 Å². The Morgan fingerprint density at radius 3 is 1.74 bits per heavy atom. The second kappa shape index (κ2) is 7.40. The van der Waals surface area contributed by atoms with E-state index < -0.39 is 5.97 Å². The standard InChI is InChI=1S/C19H22N2O2/c22-19(23)18-8-6-17(7-9-18)15-21-12-10-20(11-13-21)14-16-4-2-1-3-5-16/h1-9H,10-15H2,(H,22,23). The Morgan fingerprint density at radius 2 is 1.26 bits per heavy atom. The molecule has 0 bridgehead atoms. The second-order valence-corrected chi connectivity index (χ2v) is 6.04. The zero-order chi connectivity index (χ0) is 16.1. The number of piperazine rings is 1. The molecule has 23 heavy (non-hydrogen) atoms. The van der Waals surface area contributed by atoms with E-state index in [4.69, 9.17) is 5.11 Å². The van der Waals surface area contributed by atoms with E-state index in [1.807, 2.05) is 12.1 Å². The van der Waals surface area contributed by atoms with Crippen LogP contribution in [-0.4, -0.2) is 47.1 Å². The van der Waals surface area contributed by atoms with E-state index in [-0.39, 0.29) is 0 Å². The molecule has 1 N–H and O–H groups in total. The van der Waals surface area contributed by atoms with E-state index in [9.17, 15) is 4.79 Å². The lowest BCUT2D eigenvalue weighted by Crippen LogP contribution is -2.45.